The van der Waals surface area contributed by atoms with E-state index < -0.39 is 53.8 Å². The highest BCUT2D eigenvalue weighted by Crippen LogP contribution is 2.12. The first-order valence-corrected chi connectivity index (χ1v) is 12.1. The van der Waals surface area contributed by atoms with E-state index in [0.29, 0.717) is 24.9 Å². The van der Waals surface area contributed by atoms with Gasteiger partial charge in [0.05, 0.1) is 6.04 Å². The highest BCUT2D eigenvalue weighted by molar-refractivity contribution is 7.80. The Balaban J connectivity index is 2.99. The SMILES string of the molecule is CC(C)C(NC(=O)C(Cc1ccc(O)cc1)NC(=O)C(CS)NC(=O)C(N)CCCCN)C(=O)O. The van der Waals surface area contributed by atoms with Crippen LogP contribution in [-0.4, -0.2) is 70.4 Å². The zero-order valence-corrected chi connectivity index (χ0v) is 21.0. The van der Waals surface area contributed by atoms with Gasteiger partial charge >= 0.3 is 5.97 Å². The van der Waals surface area contributed by atoms with Crippen molar-refractivity contribution in [1.82, 2.24) is 16.0 Å². The van der Waals surface area contributed by atoms with Crippen molar-refractivity contribution in [2.75, 3.05) is 12.3 Å². The first kappa shape index (κ1) is 30.2. The van der Waals surface area contributed by atoms with Gasteiger partial charge in [0.25, 0.3) is 0 Å². The van der Waals surface area contributed by atoms with Crippen molar-refractivity contribution in [3.05, 3.63) is 29.8 Å². The van der Waals surface area contributed by atoms with Gasteiger partial charge in [-0.3, -0.25) is 14.4 Å². The number of carboxylic acid groups (broad SMARTS) is 1. The molecule has 1 aromatic carbocycles. The van der Waals surface area contributed by atoms with Crippen molar-refractivity contribution in [1.29, 1.82) is 0 Å². The number of hydrogen-bond donors (Lipinski definition) is 8. The Bertz CT molecular complexity index is 851. The number of unbranched alkanes of at least 4 members (excludes halogenated alkanes) is 1. The van der Waals surface area contributed by atoms with Crippen LogP contribution in [0.3, 0.4) is 0 Å². The van der Waals surface area contributed by atoms with Gasteiger partial charge in [-0.25, -0.2) is 4.79 Å². The molecule has 1 rings (SSSR count). The maximum Gasteiger partial charge on any atom is 0.326 e. The summed E-state index contributed by atoms with van der Waals surface area (Å²) in [5.74, 6) is -3.51. The lowest BCUT2D eigenvalue weighted by Crippen LogP contribution is -2.58. The van der Waals surface area contributed by atoms with Crippen molar-refractivity contribution in [3.63, 3.8) is 0 Å². The molecule has 0 aromatic heterocycles. The van der Waals surface area contributed by atoms with Gasteiger partial charge in [0.1, 0.15) is 23.9 Å². The van der Waals surface area contributed by atoms with E-state index in [1.807, 2.05) is 0 Å². The summed E-state index contributed by atoms with van der Waals surface area (Å²) in [5, 5.41) is 26.5. The minimum Gasteiger partial charge on any atom is -0.508 e. The van der Waals surface area contributed by atoms with E-state index in [9.17, 15) is 29.4 Å². The van der Waals surface area contributed by atoms with Crippen LogP contribution in [0.1, 0.15) is 38.7 Å². The van der Waals surface area contributed by atoms with Crippen LogP contribution in [0.25, 0.3) is 0 Å². The molecule has 0 fully saturated rings. The lowest BCUT2D eigenvalue weighted by atomic mass is 10.0. The Morgan fingerprint density at radius 1 is 0.943 bits per heavy atom. The molecule has 0 aliphatic carbocycles. The highest BCUT2D eigenvalue weighted by Gasteiger charge is 2.31. The summed E-state index contributed by atoms with van der Waals surface area (Å²) in [5.41, 5.74) is 12.0. The van der Waals surface area contributed by atoms with E-state index in [1.165, 1.54) is 12.1 Å². The van der Waals surface area contributed by atoms with Crippen LogP contribution in [0.15, 0.2) is 24.3 Å². The summed E-state index contributed by atoms with van der Waals surface area (Å²) >= 11 is 4.14. The average molecular weight is 512 g/mol. The van der Waals surface area contributed by atoms with Crippen LogP contribution in [0.5, 0.6) is 5.75 Å². The molecule has 0 radical (unpaired) electrons. The fourth-order valence-electron chi connectivity index (χ4n) is 3.23. The largest absolute Gasteiger partial charge is 0.508 e. The monoisotopic (exact) mass is 511 g/mol. The number of hydrogen-bond acceptors (Lipinski definition) is 8. The number of phenolic OH excluding ortho intramolecular Hbond substituents is 1. The van der Waals surface area contributed by atoms with Gasteiger partial charge in [0.2, 0.25) is 17.7 Å². The fraction of sp³-hybridized carbons (Fsp3) is 0.565. The zero-order valence-electron chi connectivity index (χ0n) is 20.1. The number of carbonyl (C=O) groups is 4. The molecule has 0 aliphatic heterocycles. The highest BCUT2D eigenvalue weighted by atomic mass is 32.1. The van der Waals surface area contributed by atoms with Gasteiger partial charge < -0.3 is 37.6 Å². The number of thiol groups is 1. The minimum absolute atomic E-state index is 0.0220. The van der Waals surface area contributed by atoms with Crippen LogP contribution in [-0.2, 0) is 25.6 Å². The molecular formula is C23H37N5O6S. The van der Waals surface area contributed by atoms with Gasteiger partial charge in [0, 0.05) is 12.2 Å². The summed E-state index contributed by atoms with van der Waals surface area (Å²) in [6.45, 7) is 3.78. The second kappa shape index (κ2) is 15.2. The predicted octanol–water partition coefficient (Wildman–Crippen LogP) is -0.484. The fourth-order valence-corrected chi connectivity index (χ4v) is 3.49. The zero-order chi connectivity index (χ0) is 26.5. The lowest BCUT2D eigenvalue weighted by molar-refractivity contribution is -0.143. The van der Waals surface area contributed by atoms with Gasteiger partial charge in [-0.05, 0) is 43.0 Å². The molecule has 12 heteroatoms. The molecule has 0 aliphatic rings. The molecule has 4 atom stereocenters. The van der Waals surface area contributed by atoms with Crippen LogP contribution < -0.4 is 27.4 Å². The number of carboxylic acids is 1. The third-order valence-corrected chi connectivity index (χ3v) is 5.73. The standard InChI is InChI=1S/C23H37N5O6S/c1-13(2)19(23(33)34)28-21(31)17(11-14-6-8-15(29)9-7-14)26-22(32)18(12-35)27-20(30)16(25)5-3-4-10-24/h6-9,13,16-19,29,35H,3-5,10-12,24-25H2,1-2H3,(H,26,32)(H,27,30)(H,28,31)(H,33,34). The number of phenols is 1. The third-order valence-electron chi connectivity index (χ3n) is 5.36. The molecule has 0 saturated carbocycles. The first-order valence-electron chi connectivity index (χ1n) is 11.5. The summed E-state index contributed by atoms with van der Waals surface area (Å²) in [6.07, 6.45) is 1.81. The smallest absolute Gasteiger partial charge is 0.326 e. The Hall–Kier alpha value is -2.83. The van der Waals surface area contributed by atoms with Gasteiger partial charge in [0.15, 0.2) is 0 Å². The first-order chi connectivity index (χ1) is 16.5. The van der Waals surface area contributed by atoms with E-state index in [1.54, 1.807) is 26.0 Å². The molecule has 0 spiro atoms. The quantitative estimate of drug-likeness (QED) is 0.114. The number of benzene rings is 1. The molecular weight excluding hydrogens is 474 g/mol. The van der Waals surface area contributed by atoms with Crippen molar-refractivity contribution < 1.29 is 29.4 Å². The Morgan fingerprint density at radius 3 is 2.03 bits per heavy atom. The Labute approximate surface area is 210 Å². The Kier molecular flexibility index (Phi) is 13.1. The molecule has 196 valence electrons. The molecule has 1 aromatic rings. The number of amides is 3. The summed E-state index contributed by atoms with van der Waals surface area (Å²) in [7, 11) is 0. The van der Waals surface area contributed by atoms with Crippen molar-refractivity contribution >= 4 is 36.3 Å². The van der Waals surface area contributed by atoms with Gasteiger partial charge in [-0.15, -0.1) is 0 Å². The van der Waals surface area contributed by atoms with E-state index in [0.717, 1.165) is 6.42 Å². The number of nitrogens with one attached hydrogen (secondary N) is 3. The molecule has 0 bridgehead atoms. The van der Waals surface area contributed by atoms with E-state index in [4.69, 9.17) is 11.5 Å². The predicted molar refractivity (Wildman–Crippen MR) is 135 cm³/mol. The lowest BCUT2D eigenvalue weighted by Gasteiger charge is -2.25. The number of carbonyl (C=O) groups excluding carboxylic acids is 3. The Morgan fingerprint density at radius 2 is 1.51 bits per heavy atom. The van der Waals surface area contributed by atoms with Gasteiger partial charge in [-0.2, -0.15) is 12.6 Å². The second-order valence-corrected chi connectivity index (χ2v) is 9.00. The van der Waals surface area contributed by atoms with Crippen molar-refractivity contribution in [2.24, 2.45) is 17.4 Å². The van der Waals surface area contributed by atoms with Crippen LogP contribution in [0, 0.1) is 5.92 Å². The molecule has 11 nitrogen and oxygen atoms in total. The van der Waals surface area contributed by atoms with Crippen LogP contribution in [0.4, 0.5) is 0 Å². The normalized spacial score (nSPS) is 14.5. The molecule has 9 N–H and O–H groups in total. The van der Waals surface area contributed by atoms with Gasteiger partial charge in [-0.1, -0.05) is 32.4 Å². The van der Waals surface area contributed by atoms with Crippen molar-refractivity contribution in [2.45, 2.75) is 63.7 Å². The number of aromatic hydroxyl groups is 1. The summed E-state index contributed by atoms with van der Waals surface area (Å²) < 4.78 is 0. The van der Waals surface area contributed by atoms with Crippen molar-refractivity contribution in [3.8, 4) is 5.75 Å². The van der Waals surface area contributed by atoms with E-state index in [-0.39, 0.29) is 17.9 Å². The summed E-state index contributed by atoms with van der Waals surface area (Å²) in [4.78, 5) is 49.9. The molecule has 4 unspecified atom stereocenters. The molecule has 3 amide bonds. The third kappa shape index (κ3) is 10.5. The average Bonchev–Trinajstić information content (AvgIpc) is 2.80. The van der Waals surface area contributed by atoms with Crippen LogP contribution >= 0.6 is 12.6 Å². The molecule has 35 heavy (non-hydrogen) atoms. The minimum atomic E-state index is -1.20. The van der Waals surface area contributed by atoms with Crippen LogP contribution in [0.2, 0.25) is 0 Å². The number of aliphatic carboxylic acids is 1. The van der Waals surface area contributed by atoms with E-state index >= 15 is 0 Å². The second-order valence-electron chi connectivity index (χ2n) is 8.63. The molecule has 0 saturated heterocycles. The number of nitrogens with two attached hydrogens (primary N) is 2. The molecule has 0 heterocycles. The summed E-state index contributed by atoms with van der Waals surface area (Å²) in [6, 6.07) is 1.83. The maximum absolute atomic E-state index is 13.0. The number of rotatable bonds is 15. The maximum atomic E-state index is 13.0. The van der Waals surface area contributed by atoms with E-state index in [2.05, 4.69) is 28.6 Å². The topological polar surface area (TPSA) is 197 Å².